The van der Waals surface area contributed by atoms with Gasteiger partial charge in [-0.05, 0) is 106 Å². The maximum atomic E-state index is 10.1. The average molecular weight is 355 g/mol. The number of hydrogen-bond donors (Lipinski definition) is 2. The van der Waals surface area contributed by atoms with Crippen molar-refractivity contribution in [1.29, 1.82) is 0 Å². The Hall–Kier alpha value is -1.06. The molecule has 4 aliphatic rings. The summed E-state index contributed by atoms with van der Waals surface area (Å²) < 4.78 is 0. The highest BCUT2D eigenvalue weighted by molar-refractivity contribution is 5.45. The molecule has 0 aromatic heterocycles. The minimum Gasteiger partial charge on any atom is -0.508 e. The molecule has 2 heterocycles. The van der Waals surface area contributed by atoms with Crippen LogP contribution in [0.5, 0.6) is 5.75 Å². The lowest BCUT2D eigenvalue weighted by molar-refractivity contribution is -0.0141. The van der Waals surface area contributed by atoms with E-state index in [4.69, 9.17) is 0 Å². The molecule has 0 spiro atoms. The SMILES string of the molecule is Oc1ccc2c(c1)[C@@]13CCCC[C@H]1[C@@H](C2)N(CCC1CCNCC1)CC3. The number of phenolic OH excluding ortho intramolecular Hbond substituents is 1. The van der Waals surface area contributed by atoms with Gasteiger partial charge in [0.05, 0.1) is 0 Å². The summed E-state index contributed by atoms with van der Waals surface area (Å²) >= 11 is 0. The number of phenols is 1. The Bertz CT molecular complexity index is 654. The molecule has 1 aromatic carbocycles. The first-order valence-corrected chi connectivity index (χ1v) is 11.0. The van der Waals surface area contributed by atoms with E-state index in [9.17, 15) is 5.11 Å². The summed E-state index contributed by atoms with van der Waals surface area (Å²) in [6.45, 7) is 5.00. The molecule has 1 saturated carbocycles. The summed E-state index contributed by atoms with van der Waals surface area (Å²) in [7, 11) is 0. The van der Waals surface area contributed by atoms with Gasteiger partial charge in [0.15, 0.2) is 0 Å². The number of fused-ring (bicyclic) bond motifs is 1. The van der Waals surface area contributed by atoms with Gasteiger partial charge in [-0.1, -0.05) is 18.9 Å². The van der Waals surface area contributed by atoms with Crippen LogP contribution in [0.25, 0.3) is 0 Å². The van der Waals surface area contributed by atoms with E-state index < -0.39 is 0 Å². The second kappa shape index (κ2) is 6.83. The van der Waals surface area contributed by atoms with E-state index in [1.807, 2.05) is 6.07 Å². The number of nitrogens with one attached hydrogen (secondary N) is 1. The lowest BCUT2D eigenvalue weighted by atomic mass is 9.52. The van der Waals surface area contributed by atoms with E-state index in [1.165, 1.54) is 95.1 Å². The summed E-state index contributed by atoms with van der Waals surface area (Å²) in [6, 6.07) is 6.99. The van der Waals surface area contributed by atoms with Crippen molar-refractivity contribution in [1.82, 2.24) is 10.2 Å². The number of aromatic hydroxyl groups is 1. The molecule has 0 unspecified atom stereocenters. The molecular formula is C23H34N2O. The van der Waals surface area contributed by atoms with Crippen LogP contribution in [0.3, 0.4) is 0 Å². The summed E-state index contributed by atoms with van der Waals surface area (Å²) in [5.41, 5.74) is 3.40. The number of piperidine rings is 2. The van der Waals surface area contributed by atoms with Crippen LogP contribution >= 0.6 is 0 Å². The maximum absolute atomic E-state index is 10.1. The van der Waals surface area contributed by atoms with Gasteiger partial charge in [-0.2, -0.15) is 0 Å². The van der Waals surface area contributed by atoms with Crippen LogP contribution in [0, 0.1) is 11.8 Å². The van der Waals surface area contributed by atoms with Gasteiger partial charge in [0.2, 0.25) is 0 Å². The summed E-state index contributed by atoms with van der Waals surface area (Å²) in [4.78, 5) is 2.87. The molecule has 3 nitrogen and oxygen atoms in total. The van der Waals surface area contributed by atoms with Gasteiger partial charge in [0, 0.05) is 11.5 Å². The molecular weight excluding hydrogens is 320 g/mol. The quantitative estimate of drug-likeness (QED) is 0.866. The molecule has 3 atom stereocenters. The largest absolute Gasteiger partial charge is 0.508 e. The van der Waals surface area contributed by atoms with Gasteiger partial charge in [-0.25, -0.2) is 0 Å². The molecule has 2 aliphatic heterocycles. The van der Waals surface area contributed by atoms with Crippen LogP contribution in [-0.4, -0.2) is 42.2 Å². The van der Waals surface area contributed by atoms with Crippen molar-refractivity contribution in [2.75, 3.05) is 26.2 Å². The Balaban J connectivity index is 1.39. The molecule has 5 rings (SSSR count). The fourth-order valence-corrected chi connectivity index (χ4v) is 6.87. The third-order valence-corrected chi connectivity index (χ3v) is 8.22. The van der Waals surface area contributed by atoms with Gasteiger partial charge in [-0.3, -0.25) is 4.90 Å². The monoisotopic (exact) mass is 354 g/mol. The Kier molecular flexibility index (Phi) is 4.48. The van der Waals surface area contributed by atoms with Crippen LogP contribution in [0.4, 0.5) is 0 Å². The second-order valence-electron chi connectivity index (χ2n) is 9.39. The van der Waals surface area contributed by atoms with Crippen LogP contribution in [0.15, 0.2) is 18.2 Å². The first kappa shape index (κ1) is 17.1. The number of nitrogens with zero attached hydrogens (tertiary/aromatic N) is 1. The van der Waals surface area contributed by atoms with Gasteiger partial charge in [0.1, 0.15) is 5.75 Å². The van der Waals surface area contributed by atoms with Crippen molar-refractivity contribution in [2.24, 2.45) is 11.8 Å². The average Bonchev–Trinajstić information content (AvgIpc) is 2.69. The molecule has 2 bridgehead atoms. The minimum absolute atomic E-state index is 0.362. The van der Waals surface area contributed by atoms with Crippen molar-refractivity contribution in [2.45, 2.75) is 69.2 Å². The van der Waals surface area contributed by atoms with E-state index in [1.54, 1.807) is 0 Å². The highest BCUT2D eigenvalue weighted by Crippen LogP contribution is 2.56. The van der Waals surface area contributed by atoms with Crippen LogP contribution in [0.2, 0.25) is 0 Å². The molecule has 0 radical (unpaired) electrons. The van der Waals surface area contributed by atoms with Crippen LogP contribution in [-0.2, 0) is 11.8 Å². The van der Waals surface area contributed by atoms with Gasteiger partial charge in [0.25, 0.3) is 0 Å². The molecule has 0 amide bonds. The summed E-state index contributed by atoms with van der Waals surface area (Å²) in [6.07, 6.45) is 12.1. The standard InChI is InChI=1S/C23H34N2O/c26-19-5-4-18-15-22-20-3-1-2-9-23(20,21(18)16-19)10-14-25(22)13-8-17-6-11-24-12-7-17/h4-5,16-17,20,22,24,26H,1-3,6-15H2/t20-,22+,23+/m0/s1. The predicted molar refractivity (Wildman–Crippen MR) is 106 cm³/mol. The Morgan fingerprint density at radius 3 is 2.88 bits per heavy atom. The third kappa shape index (κ3) is 2.79. The van der Waals surface area contributed by atoms with E-state index in [0.29, 0.717) is 11.2 Å². The zero-order valence-corrected chi connectivity index (χ0v) is 16.1. The molecule has 2 saturated heterocycles. The molecule has 3 heteroatoms. The number of benzene rings is 1. The predicted octanol–water partition coefficient (Wildman–Crippen LogP) is 3.84. The fourth-order valence-electron chi connectivity index (χ4n) is 6.87. The topological polar surface area (TPSA) is 35.5 Å². The normalized spacial score (nSPS) is 34.9. The van der Waals surface area contributed by atoms with E-state index in [-0.39, 0.29) is 0 Å². The number of likely N-dealkylation sites (tertiary alicyclic amines) is 1. The fraction of sp³-hybridized carbons (Fsp3) is 0.739. The lowest BCUT2D eigenvalue weighted by Gasteiger charge is -2.59. The van der Waals surface area contributed by atoms with E-state index in [0.717, 1.165) is 17.9 Å². The van der Waals surface area contributed by atoms with E-state index >= 15 is 0 Å². The molecule has 3 fully saturated rings. The Labute approximate surface area is 158 Å². The molecule has 2 aliphatic carbocycles. The van der Waals surface area contributed by atoms with Crippen molar-refractivity contribution in [3.8, 4) is 5.75 Å². The highest BCUT2D eigenvalue weighted by Gasteiger charge is 2.53. The van der Waals surface area contributed by atoms with E-state index in [2.05, 4.69) is 22.3 Å². The Morgan fingerprint density at radius 1 is 1.12 bits per heavy atom. The Morgan fingerprint density at radius 2 is 2.00 bits per heavy atom. The first-order valence-electron chi connectivity index (χ1n) is 11.0. The molecule has 2 N–H and O–H groups in total. The molecule has 142 valence electrons. The van der Waals surface area contributed by atoms with Crippen molar-refractivity contribution >= 4 is 0 Å². The highest BCUT2D eigenvalue weighted by atomic mass is 16.3. The minimum atomic E-state index is 0.362. The van der Waals surface area contributed by atoms with Crippen LogP contribution in [0.1, 0.15) is 62.5 Å². The number of rotatable bonds is 3. The summed E-state index contributed by atoms with van der Waals surface area (Å²) in [5.74, 6) is 2.21. The van der Waals surface area contributed by atoms with Crippen molar-refractivity contribution < 1.29 is 5.11 Å². The first-order chi connectivity index (χ1) is 12.8. The maximum Gasteiger partial charge on any atom is 0.115 e. The summed E-state index contributed by atoms with van der Waals surface area (Å²) in [5, 5.41) is 13.6. The smallest absolute Gasteiger partial charge is 0.115 e. The molecule has 26 heavy (non-hydrogen) atoms. The zero-order valence-electron chi connectivity index (χ0n) is 16.1. The van der Waals surface area contributed by atoms with Crippen LogP contribution < -0.4 is 5.32 Å². The van der Waals surface area contributed by atoms with Gasteiger partial charge < -0.3 is 10.4 Å². The van der Waals surface area contributed by atoms with Gasteiger partial charge >= 0.3 is 0 Å². The molecule has 1 aromatic rings. The lowest BCUT2D eigenvalue weighted by Crippen LogP contribution is -2.61. The third-order valence-electron chi connectivity index (χ3n) is 8.22. The second-order valence-corrected chi connectivity index (χ2v) is 9.39. The van der Waals surface area contributed by atoms with Crippen molar-refractivity contribution in [3.05, 3.63) is 29.3 Å². The van der Waals surface area contributed by atoms with Gasteiger partial charge in [-0.15, -0.1) is 0 Å². The number of hydrogen-bond acceptors (Lipinski definition) is 3. The zero-order chi connectivity index (χ0) is 17.6. The van der Waals surface area contributed by atoms with Crippen molar-refractivity contribution in [3.63, 3.8) is 0 Å².